The zero-order chi connectivity index (χ0) is 6.62. The molecule has 0 aromatic heterocycles. The molecule has 0 saturated heterocycles. The molecule has 0 fully saturated rings. The summed E-state index contributed by atoms with van der Waals surface area (Å²) >= 11 is 0. The van der Waals surface area contributed by atoms with E-state index >= 15 is 0 Å². The van der Waals surface area contributed by atoms with Crippen LogP contribution in [-0.4, -0.2) is 12.7 Å². The highest BCUT2D eigenvalue weighted by Gasteiger charge is 2.17. The molecule has 1 unspecified atom stereocenters. The van der Waals surface area contributed by atoms with Crippen molar-refractivity contribution in [1.82, 2.24) is 0 Å². The smallest absolute Gasteiger partial charge is 0.212 e. The molecule has 2 heteroatoms. The molecule has 0 aromatic rings. The summed E-state index contributed by atoms with van der Waals surface area (Å²) < 4.78 is 4.64. The Morgan fingerprint density at radius 1 is 1.75 bits per heavy atom. The fourth-order valence-electron chi connectivity index (χ4n) is 0.137. The molecule has 0 heterocycles. The van der Waals surface area contributed by atoms with Gasteiger partial charge in [0.15, 0.2) is 0 Å². The Bertz CT molecular complexity index is 135. The zero-order valence-electron chi connectivity index (χ0n) is 4.93. The molecule has 8 heavy (non-hydrogen) atoms. The summed E-state index contributed by atoms with van der Waals surface area (Å²) in [6.07, 6.45) is 4.93. The van der Waals surface area contributed by atoms with E-state index in [2.05, 4.69) is 10.7 Å². The molecule has 0 saturated carbocycles. The highest BCUT2D eigenvalue weighted by Crippen LogP contribution is 2.02. The van der Waals surface area contributed by atoms with Crippen molar-refractivity contribution in [1.29, 1.82) is 5.26 Å². The van der Waals surface area contributed by atoms with E-state index in [-0.39, 0.29) is 0 Å². The lowest BCUT2D eigenvalue weighted by Gasteiger charge is -2.09. The number of hydrogen-bond donors (Lipinski definition) is 0. The van der Waals surface area contributed by atoms with Crippen molar-refractivity contribution in [2.24, 2.45) is 0 Å². The zero-order valence-corrected chi connectivity index (χ0v) is 4.93. The first-order chi connectivity index (χ1) is 3.68. The molecule has 42 valence electrons. The molecule has 0 spiro atoms. The molecular weight excluding hydrogens is 102 g/mol. The van der Waals surface area contributed by atoms with Gasteiger partial charge in [-0.2, -0.15) is 5.26 Å². The van der Waals surface area contributed by atoms with Gasteiger partial charge in [0.2, 0.25) is 5.60 Å². The van der Waals surface area contributed by atoms with E-state index < -0.39 is 5.60 Å². The van der Waals surface area contributed by atoms with Crippen LogP contribution in [0.3, 0.4) is 0 Å². The van der Waals surface area contributed by atoms with E-state index in [0.717, 1.165) is 0 Å². The van der Waals surface area contributed by atoms with E-state index in [1.165, 1.54) is 14.0 Å². The minimum absolute atomic E-state index is 1.04. The standard InChI is InChI=1S/C6H7NO/c1-4-6(2,5-7)8-3/h1H,2-3H3. The Morgan fingerprint density at radius 3 is 2.25 bits per heavy atom. The SMILES string of the molecule is C#CC(C)(C#N)OC. The predicted octanol–water partition coefficient (Wildman–Crippen LogP) is 0.548. The molecule has 0 aliphatic carbocycles. The number of nitrogens with zero attached hydrogens (tertiary/aromatic N) is 1. The first kappa shape index (κ1) is 7.01. The fourth-order valence-corrected chi connectivity index (χ4v) is 0.137. The summed E-state index contributed by atoms with van der Waals surface area (Å²) in [5.74, 6) is 2.19. The van der Waals surface area contributed by atoms with Gasteiger partial charge in [0.25, 0.3) is 0 Å². The van der Waals surface area contributed by atoms with Crippen LogP contribution in [0.1, 0.15) is 6.92 Å². The third kappa shape index (κ3) is 1.26. The van der Waals surface area contributed by atoms with Gasteiger partial charge >= 0.3 is 0 Å². The van der Waals surface area contributed by atoms with Gasteiger partial charge in [-0.05, 0) is 6.92 Å². The number of ether oxygens (including phenoxy) is 1. The molecular formula is C6H7NO. The third-order valence-electron chi connectivity index (χ3n) is 0.897. The minimum atomic E-state index is -1.04. The van der Waals surface area contributed by atoms with Crippen LogP contribution < -0.4 is 0 Å². The molecule has 0 aromatic carbocycles. The largest absolute Gasteiger partial charge is 0.353 e. The maximum atomic E-state index is 8.27. The van der Waals surface area contributed by atoms with Crippen molar-refractivity contribution in [3.63, 3.8) is 0 Å². The first-order valence-corrected chi connectivity index (χ1v) is 2.12. The molecule has 1 atom stereocenters. The lowest BCUT2D eigenvalue weighted by molar-refractivity contribution is 0.106. The maximum absolute atomic E-state index is 8.27. The second kappa shape index (κ2) is 2.35. The van der Waals surface area contributed by atoms with Gasteiger partial charge in [-0.3, -0.25) is 0 Å². The van der Waals surface area contributed by atoms with Gasteiger partial charge in [-0.25, -0.2) is 0 Å². The summed E-state index contributed by atoms with van der Waals surface area (Å²) in [6.45, 7) is 1.53. The fraction of sp³-hybridized carbons (Fsp3) is 0.500. The van der Waals surface area contributed by atoms with Crippen LogP contribution in [0.4, 0.5) is 0 Å². The second-order valence-corrected chi connectivity index (χ2v) is 1.49. The summed E-state index contributed by atoms with van der Waals surface area (Å²) in [7, 11) is 1.41. The van der Waals surface area contributed by atoms with Crippen LogP contribution >= 0.6 is 0 Å². The van der Waals surface area contributed by atoms with Crippen LogP contribution in [0.15, 0.2) is 0 Å². The van der Waals surface area contributed by atoms with E-state index in [9.17, 15) is 0 Å². The van der Waals surface area contributed by atoms with Gasteiger partial charge < -0.3 is 4.74 Å². The van der Waals surface area contributed by atoms with Crippen molar-refractivity contribution >= 4 is 0 Å². The summed E-state index contributed by atoms with van der Waals surface area (Å²) in [5, 5.41) is 8.27. The van der Waals surface area contributed by atoms with Crippen molar-refractivity contribution in [3.05, 3.63) is 0 Å². The molecule has 0 radical (unpaired) electrons. The Balaban J connectivity index is 4.11. The topological polar surface area (TPSA) is 33.0 Å². The molecule has 0 rings (SSSR count). The van der Waals surface area contributed by atoms with Crippen molar-refractivity contribution in [2.75, 3.05) is 7.11 Å². The predicted molar refractivity (Wildman–Crippen MR) is 29.9 cm³/mol. The highest BCUT2D eigenvalue weighted by molar-refractivity contribution is 5.18. The Morgan fingerprint density at radius 2 is 2.25 bits per heavy atom. The molecule has 0 aliphatic heterocycles. The van der Waals surface area contributed by atoms with Gasteiger partial charge in [-0.15, -0.1) is 6.42 Å². The van der Waals surface area contributed by atoms with Crippen LogP contribution in [0.5, 0.6) is 0 Å². The summed E-state index contributed by atoms with van der Waals surface area (Å²) in [4.78, 5) is 0. The van der Waals surface area contributed by atoms with E-state index in [0.29, 0.717) is 0 Å². The lowest BCUT2D eigenvalue weighted by atomic mass is 10.1. The molecule has 0 N–H and O–H groups in total. The van der Waals surface area contributed by atoms with Crippen molar-refractivity contribution < 1.29 is 4.74 Å². The van der Waals surface area contributed by atoms with Gasteiger partial charge in [0, 0.05) is 7.11 Å². The maximum Gasteiger partial charge on any atom is 0.212 e. The highest BCUT2D eigenvalue weighted by atomic mass is 16.5. The first-order valence-electron chi connectivity index (χ1n) is 2.12. The van der Waals surface area contributed by atoms with Crippen LogP contribution in [-0.2, 0) is 4.74 Å². The average Bonchev–Trinajstić information content (AvgIpc) is 1.87. The quantitative estimate of drug-likeness (QED) is 0.460. The van der Waals surface area contributed by atoms with E-state index in [1.54, 1.807) is 0 Å². The number of rotatable bonds is 1. The minimum Gasteiger partial charge on any atom is -0.353 e. The van der Waals surface area contributed by atoms with Gasteiger partial charge in [0.05, 0.1) is 0 Å². The summed E-state index contributed by atoms with van der Waals surface area (Å²) in [6, 6.07) is 1.82. The number of terminal acetylenes is 1. The van der Waals surface area contributed by atoms with Crippen LogP contribution in [0, 0.1) is 23.7 Å². The third-order valence-corrected chi connectivity index (χ3v) is 0.897. The Kier molecular flexibility index (Phi) is 2.06. The molecule has 0 amide bonds. The Labute approximate surface area is 49.1 Å². The number of methoxy groups -OCH3 is 1. The molecule has 2 nitrogen and oxygen atoms in total. The molecule has 0 bridgehead atoms. The normalized spacial score (nSPS) is 15.5. The van der Waals surface area contributed by atoms with Crippen molar-refractivity contribution in [2.45, 2.75) is 12.5 Å². The molecule has 0 aliphatic rings. The number of hydrogen-bond acceptors (Lipinski definition) is 2. The second-order valence-electron chi connectivity index (χ2n) is 1.49. The van der Waals surface area contributed by atoms with Crippen LogP contribution in [0.2, 0.25) is 0 Å². The monoisotopic (exact) mass is 109 g/mol. The number of nitriles is 1. The lowest BCUT2D eigenvalue weighted by Crippen LogP contribution is -2.21. The Hall–Kier alpha value is -0.990. The van der Waals surface area contributed by atoms with Crippen molar-refractivity contribution in [3.8, 4) is 18.4 Å². The van der Waals surface area contributed by atoms with E-state index in [4.69, 9.17) is 11.7 Å². The van der Waals surface area contributed by atoms with Gasteiger partial charge in [-0.1, -0.05) is 5.92 Å². The van der Waals surface area contributed by atoms with Crippen LogP contribution in [0.25, 0.3) is 0 Å². The average molecular weight is 109 g/mol. The van der Waals surface area contributed by atoms with Gasteiger partial charge in [0.1, 0.15) is 6.07 Å². The summed E-state index contributed by atoms with van der Waals surface area (Å²) in [5.41, 5.74) is -1.04. The van der Waals surface area contributed by atoms with E-state index in [1.807, 2.05) is 6.07 Å².